The van der Waals surface area contributed by atoms with Gasteiger partial charge in [-0.25, -0.2) is 4.79 Å². The van der Waals surface area contributed by atoms with Crippen LogP contribution in [-0.2, 0) is 11.3 Å². The molecule has 0 aliphatic carbocycles. The lowest BCUT2D eigenvalue weighted by molar-refractivity contribution is 0.0663. The number of anilines is 1. The van der Waals surface area contributed by atoms with Gasteiger partial charge in [0, 0.05) is 17.3 Å². The molecule has 0 radical (unpaired) electrons. The molecule has 0 aliphatic heterocycles. The Hall–Kier alpha value is -1.34. The van der Waals surface area contributed by atoms with Crippen molar-refractivity contribution in [2.24, 2.45) is 0 Å². The van der Waals surface area contributed by atoms with Gasteiger partial charge in [-0.3, -0.25) is 8.93 Å². The molecule has 0 saturated heterocycles. The van der Waals surface area contributed by atoms with E-state index in [9.17, 15) is 13.6 Å². The van der Waals surface area contributed by atoms with Crippen LogP contribution in [0.1, 0.15) is 10.6 Å². The summed E-state index contributed by atoms with van der Waals surface area (Å²) in [6, 6.07) is 2.36. The van der Waals surface area contributed by atoms with Gasteiger partial charge in [-0.1, -0.05) is 0 Å². The van der Waals surface area contributed by atoms with Crippen molar-refractivity contribution < 1.29 is 23.1 Å². The minimum absolute atomic E-state index is 0.124. The minimum atomic E-state index is -2.50. The van der Waals surface area contributed by atoms with Crippen molar-refractivity contribution in [3.05, 3.63) is 17.9 Å². The molecule has 0 bridgehead atoms. The Labute approximate surface area is 69.6 Å². The van der Waals surface area contributed by atoms with E-state index in [4.69, 9.17) is 5.11 Å². The monoisotopic (exact) mass is 190 g/mol. The predicted octanol–water partition coefficient (Wildman–Crippen LogP) is 0.184. The van der Waals surface area contributed by atoms with Gasteiger partial charge in [-0.05, 0) is 6.07 Å². The fourth-order valence-corrected chi connectivity index (χ4v) is 0.864. The number of aromatic carboxylic acids is 1. The Morgan fingerprint density at radius 2 is 2.33 bits per heavy atom. The Balaban J connectivity index is 2.77. The van der Waals surface area contributed by atoms with Crippen molar-refractivity contribution in [1.82, 2.24) is 0 Å². The third kappa shape index (κ3) is 2.07. The van der Waals surface area contributed by atoms with Gasteiger partial charge in [0.15, 0.2) is 0 Å². The molecule has 2 N–H and O–H groups in total. The number of rotatable bonds is 3. The third-order valence-electron chi connectivity index (χ3n) is 1.00. The molecule has 1 aromatic rings. The number of carboxylic acid groups (broad SMARTS) is 1. The first-order chi connectivity index (χ1) is 5.59. The standard InChI is InChI=1S/C5H5NO5S/c7-5(8)3-1-2-4(11-3)6-12(9)10/h1-2,6H,(H,7,8)(H,9,10)/p-1. The summed E-state index contributed by atoms with van der Waals surface area (Å²) in [5, 5.41) is 8.36. The Bertz CT molecular complexity index is 319. The van der Waals surface area contributed by atoms with Gasteiger partial charge >= 0.3 is 5.97 Å². The smallest absolute Gasteiger partial charge is 0.371 e. The van der Waals surface area contributed by atoms with Crippen molar-refractivity contribution in [2.45, 2.75) is 0 Å². The minimum Gasteiger partial charge on any atom is -0.755 e. The van der Waals surface area contributed by atoms with Crippen molar-refractivity contribution >= 4 is 23.1 Å². The fourth-order valence-electron chi connectivity index (χ4n) is 0.590. The summed E-state index contributed by atoms with van der Waals surface area (Å²) in [7, 11) is 0. The summed E-state index contributed by atoms with van der Waals surface area (Å²) >= 11 is -2.50. The van der Waals surface area contributed by atoms with Crippen LogP contribution >= 0.6 is 0 Å². The maximum Gasteiger partial charge on any atom is 0.371 e. The highest BCUT2D eigenvalue weighted by Gasteiger charge is 2.07. The Morgan fingerprint density at radius 1 is 1.67 bits per heavy atom. The van der Waals surface area contributed by atoms with E-state index >= 15 is 0 Å². The first-order valence-electron chi connectivity index (χ1n) is 2.78. The summed E-state index contributed by atoms with van der Waals surface area (Å²) in [5.41, 5.74) is 0. The maximum absolute atomic E-state index is 10.2. The number of hydrogen-bond donors (Lipinski definition) is 2. The molecule has 12 heavy (non-hydrogen) atoms. The first kappa shape index (κ1) is 8.75. The van der Waals surface area contributed by atoms with Crippen LogP contribution < -0.4 is 4.72 Å². The van der Waals surface area contributed by atoms with E-state index in [1.807, 2.05) is 4.72 Å². The van der Waals surface area contributed by atoms with Gasteiger partial charge in [-0.15, -0.1) is 0 Å². The number of hydrogen-bond acceptors (Lipinski definition) is 4. The van der Waals surface area contributed by atoms with E-state index in [2.05, 4.69) is 4.42 Å². The summed E-state index contributed by atoms with van der Waals surface area (Å²) in [5.74, 6) is -1.69. The predicted molar refractivity (Wildman–Crippen MR) is 38.2 cm³/mol. The molecule has 1 rings (SSSR count). The van der Waals surface area contributed by atoms with Crippen LogP contribution in [0.15, 0.2) is 16.5 Å². The molecule has 1 atom stereocenters. The summed E-state index contributed by atoms with van der Waals surface area (Å²) in [6.07, 6.45) is 0. The zero-order valence-corrected chi connectivity index (χ0v) is 6.46. The van der Waals surface area contributed by atoms with E-state index in [0.29, 0.717) is 0 Å². The van der Waals surface area contributed by atoms with E-state index in [-0.39, 0.29) is 11.6 Å². The van der Waals surface area contributed by atoms with E-state index in [1.54, 1.807) is 0 Å². The van der Waals surface area contributed by atoms with Crippen molar-refractivity contribution in [1.29, 1.82) is 0 Å². The van der Waals surface area contributed by atoms with Crippen molar-refractivity contribution in [3.63, 3.8) is 0 Å². The highest BCUT2D eigenvalue weighted by Crippen LogP contribution is 2.12. The lowest BCUT2D eigenvalue weighted by Crippen LogP contribution is -2.00. The summed E-state index contributed by atoms with van der Waals surface area (Å²) in [4.78, 5) is 10.2. The average Bonchev–Trinajstić information content (AvgIpc) is 2.34. The molecule has 1 aromatic heterocycles. The SMILES string of the molecule is O=C(O)c1ccc(NS(=O)[O-])o1. The Kier molecular flexibility index (Phi) is 2.46. The number of carbonyl (C=O) groups is 1. The fraction of sp³-hybridized carbons (Fsp3) is 0. The highest BCUT2D eigenvalue weighted by molar-refractivity contribution is 7.80. The van der Waals surface area contributed by atoms with Crippen LogP contribution in [0.5, 0.6) is 0 Å². The van der Waals surface area contributed by atoms with Crippen molar-refractivity contribution in [3.8, 4) is 0 Å². The molecule has 7 heteroatoms. The second kappa shape index (κ2) is 3.37. The molecule has 0 fully saturated rings. The average molecular weight is 190 g/mol. The van der Waals surface area contributed by atoms with E-state index in [1.165, 1.54) is 6.07 Å². The lowest BCUT2D eigenvalue weighted by Gasteiger charge is -2.03. The molecular weight excluding hydrogens is 186 g/mol. The summed E-state index contributed by atoms with van der Waals surface area (Å²) < 4.78 is 26.5. The first-order valence-corrected chi connectivity index (χ1v) is 3.86. The molecule has 1 heterocycles. The molecule has 66 valence electrons. The molecule has 0 aromatic carbocycles. The second-order valence-corrected chi connectivity index (χ2v) is 2.48. The third-order valence-corrected chi connectivity index (χ3v) is 1.37. The van der Waals surface area contributed by atoms with Gasteiger partial charge in [-0.2, -0.15) is 0 Å². The largest absolute Gasteiger partial charge is 0.755 e. The molecule has 0 saturated carbocycles. The van der Waals surface area contributed by atoms with Gasteiger partial charge in [0.05, 0.1) is 0 Å². The zero-order chi connectivity index (χ0) is 9.14. The van der Waals surface area contributed by atoms with Crippen LogP contribution in [0.3, 0.4) is 0 Å². The van der Waals surface area contributed by atoms with Crippen molar-refractivity contribution in [2.75, 3.05) is 4.72 Å². The molecule has 1 unspecified atom stereocenters. The number of furan rings is 1. The maximum atomic E-state index is 10.2. The molecule has 6 nitrogen and oxygen atoms in total. The van der Waals surface area contributed by atoms with Gasteiger partial charge in [0.1, 0.15) is 0 Å². The van der Waals surface area contributed by atoms with Gasteiger partial charge in [0.2, 0.25) is 11.6 Å². The van der Waals surface area contributed by atoms with Crippen LogP contribution in [0.25, 0.3) is 0 Å². The van der Waals surface area contributed by atoms with Gasteiger partial charge < -0.3 is 14.1 Å². The lowest BCUT2D eigenvalue weighted by atomic mass is 10.5. The van der Waals surface area contributed by atoms with Crippen LogP contribution in [0.2, 0.25) is 0 Å². The molecular formula is C5H4NO5S-. The Morgan fingerprint density at radius 3 is 2.75 bits per heavy atom. The highest BCUT2D eigenvalue weighted by atomic mass is 32.2. The zero-order valence-electron chi connectivity index (χ0n) is 5.64. The van der Waals surface area contributed by atoms with E-state index in [0.717, 1.165) is 6.07 Å². The van der Waals surface area contributed by atoms with Crippen LogP contribution in [-0.4, -0.2) is 19.8 Å². The van der Waals surface area contributed by atoms with E-state index < -0.39 is 17.2 Å². The quantitative estimate of drug-likeness (QED) is 0.662. The van der Waals surface area contributed by atoms with Crippen LogP contribution in [0.4, 0.5) is 5.88 Å². The normalized spacial score (nSPS) is 12.4. The number of nitrogens with one attached hydrogen (secondary N) is 1. The topological polar surface area (TPSA) is 103 Å². The molecule has 0 amide bonds. The second-order valence-electron chi connectivity index (χ2n) is 1.81. The molecule has 0 spiro atoms. The van der Waals surface area contributed by atoms with Gasteiger partial charge in [0.25, 0.3) is 0 Å². The molecule has 0 aliphatic rings. The number of carboxylic acids is 1. The van der Waals surface area contributed by atoms with Crippen LogP contribution in [0, 0.1) is 0 Å². The summed E-state index contributed by atoms with van der Waals surface area (Å²) in [6.45, 7) is 0.